The van der Waals surface area contributed by atoms with Crippen LogP contribution in [0.5, 0.6) is 0 Å². The number of allylic oxidation sites excluding steroid dienone is 4. The van der Waals surface area contributed by atoms with E-state index in [0.717, 1.165) is 57.7 Å². The first-order valence-corrected chi connectivity index (χ1v) is 12.9. The summed E-state index contributed by atoms with van der Waals surface area (Å²) < 4.78 is 11.5. The molecule has 2 atom stereocenters. The molecule has 0 radical (unpaired) electrons. The normalized spacial score (nSPS) is 24.7. The predicted octanol–water partition coefficient (Wildman–Crippen LogP) is 6.10. The minimum atomic E-state index is -0.682. The van der Waals surface area contributed by atoms with E-state index in [0.29, 0.717) is 0 Å². The highest BCUT2D eigenvalue weighted by Gasteiger charge is 2.38. The Hall–Kier alpha value is -2.95. The van der Waals surface area contributed by atoms with E-state index in [9.17, 15) is 4.79 Å². The SMILES string of the molecule is CCCC1(OC(C)=O)C=CC(/C=C2\C=C(CCN3CCOCC3)c3ccccc32)c2ccccc21. The van der Waals surface area contributed by atoms with Gasteiger partial charge in [0.2, 0.25) is 0 Å². The zero-order valence-electron chi connectivity index (χ0n) is 20.8. The summed E-state index contributed by atoms with van der Waals surface area (Å²) in [5.74, 6) is -0.114. The van der Waals surface area contributed by atoms with Crippen molar-refractivity contribution in [2.45, 2.75) is 44.6 Å². The molecule has 1 saturated heterocycles. The maximum Gasteiger partial charge on any atom is 0.303 e. The molecular weight excluding hydrogens is 434 g/mol. The van der Waals surface area contributed by atoms with E-state index in [1.807, 2.05) is 6.07 Å². The monoisotopic (exact) mass is 469 g/mol. The average Bonchev–Trinajstić information content (AvgIpc) is 3.22. The third kappa shape index (κ3) is 4.91. The molecule has 3 aliphatic rings. The number of hydrogen-bond acceptors (Lipinski definition) is 4. The Balaban J connectivity index is 1.47. The standard InChI is InChI=1S/C31H35NO3/c1-3-14-31(35-23(2)33)15-12-24(29-10-6-7-11-30(29)31)21-26-22-25(27-8-4-5-9-28(26)27)13-16-32-17-19-34-20-18-32/h4-12,15,21-22,24H,3,13-14,16-20H2,1-2H3/b26-21+. The van der Waals surface area contributed by atoms with E-state index in [4.69, 9.17) is 9.47 Å². The minimum absolute atomic E-state index is 0.129. The van der Waals surface area contributed by atoms with E-state index in [1.54, 1.807) is 0 Å². The van der Waals surface area contributed by atoms with Crippen LogP contribution in [0.1, 0.15) is 61.3 Å². The summed E-state index contributed by atoms with van der Waals surface area (Å²) in [4.78, 5) is 14.5. The molecule has 4 heteroatoms. The highest BCUT2D eigenvalue weighted by atomic mass is 16.6. The van der Waals surface area contributed by atoms with Crippen molar-refractivity contribution in [1.82, 2.24) is 4.90 Å². The number of hydrogen-bond donors (Lipinski definition) is 0. The lowest BCUT2D eigenvalue weighted by atomic mass is 9.76. The van der Waals surface area contributed by atoms with Gasteiger partial charge in [0, 0.05) is 38.0 Å². The summed E-state index contributed by atoms with van der Waals surface area (Å²) in [6, 6.07) is 17.2. The van der Waals surface area contributed by atoms with Crippen LogP contribution in [0.15, 0.2) is 72.8 Å². The summed E-state index contributed by atoms with van der Waals surface area (Å²) in [7, 11) is 0. The topological polar surface area (TPSA) is 38.8 Å². The molecule has 182 valence electrons. The fraction of sp³-hybridized carbons (Fsp3) is 0.387. The van der Waals surface area contributed by atoms with Crippen LogP contribution in [0.2, 0.25) is 0 Å². The summed E-state index contributed by atoms with van der Waals surface area (Å²) in [6.45, 7) is 8.40. The molecule has 2 aromatic rings. The molecule has 1 heterocycles. The smallest absolute Gasteiger partial charge is 0.303 e. The Morgan fingerprint density at radius 3 is 2.63 bits per heavy atom. The van der Waals surface area contributed by atoms with Gasteiger partial charge in [-0.3, -0.25) is 9.69 Å². The zero-order chi connectivity index (χ0) is 24.3. The number of nitrogens with zero attached hydrogens (tertiary/aromatic N) is 1. The maximum atomic E-state index is 12.0. The summed E-state index contributed by atoms with van der Waals surface area (Å²) in [5, 5.41) is 0. The Morgan fingerprint density at radius 1 is 1.11 bits per heavy atom. The third-order valence-corrected chi connectivity index (χ3v) is 7.37. The van der Waals surface area contributed by atoms with Gasteiger partial charge in [0.25, 0.3) is 0 Å². The first-order chi connectivity index (χ1) is 17.1. The lowest BCUT2D eigenvalue weighted by Crippen LogP contribution is -2.36. The van der Waals surface area contributed by atoms with Gasteiger partial charge < -0.3 is 9.47 Å². The van der Waals surface area contributed by atoms with Crippen LogP contribution < -0.4 is 0 Å². The lowest BCUT2D eigenvalue weighted by molar-refractivity contribution is -0.154. The quantitative estimate of drug-likeness (QED) is 0.363. The fourth-order valence-corrected chi connectivity index (χ4v) is 5.76. The molecule has 0 amide bonds. The van der Waals surface area contributed by atoms with Crippen LogP contribution in [0, 0.1) is 0 Å². The largest absolute Gasteiger partial charge is 0.450 e. The highest BCUT2D eigenvalue weighted by molar-refractivity contribution is 5.96. The van der Waals surface area contributed by atoms with Crippen LogP contribution in [-0.2, 0) is 19.9 Å². The van der Waals surface area contributed by atoms with Crippen molar-refractivity contribution in [2.24, 2.45) is 0 Å². The van der Waals surface area contributed by atoms with Crippen molar-refractivity contribution in [3.05, 3.63) is 95.1 Å². The number of morpholine rings is 1. The van der Waals surface area contributed by atoms with Crippen molar-refractivity contribution in [2.75, 3.05) is 32.8 Å². The van der Waals surface area contributed by atoms with Crippen LogP contribution >= 0.6 is 0 Å². The molecule has 2 aromatic carbocycles. The second kappa shape index (κ2) is 10.3. The Labute approximate surface area is 208 Å². The molecule has 4 nitrogen and oxygen atoms in total. The van der Waals surface area contributed by atoms with E-state index in [-0.39, 0.29) is 11.9 Å². The summed E-state index contributed by atoms with van der Waals surface area (Å²) in [5.41, 5.74) is 6.97. The average molecular weight is 470 g/mol. The predicted molar refractivity (Wildman–Crippen MR) is 141 cm³/mol. The molecule has 0 bridgehead atoms. The van der Waals surface area contributed by atoms with Gasteiger partial charge in [-0.1, -0.05) is 80.1 Å². The van der Waals surface area contributed by atoms with E-state index in [1.165, 1.54) is 34.8 Å². The number of esters is 1. The first kappa shape index (κ1) is 23.8. The molecule has 2 aliphatic carbocycles. The van der Waals surface area contributed by atoms with E-state index < -0.39 is 5.60 Å². The van der Waals surface area contributed by atoms with Gasteiger partial charge in [-0.15, -0.1) is 0 Å². The molecule has 0 saturated carbocycles. The first-order valence-electron chi connectivity index (χ1n) is 12.9. The van der Waals surface area contributed by atoms with Crippen molar-refractivity contribution in [1.29, 1.82) is 0 Å². The van der Waals surface area contributed by atoms with Crippen LogP contribution in [0.3, 0.4) is 0 Å². The molecule has 2 unspecified atom stereocenters. The van der Waals surface area contributed by atoms with E-state index in [2.05, 4.69) is 78.6 Å². The number of fused-ring (bicyclic) bond motifs is 2. The van der Waals surface area contributed by atoms with Crippen molar-refractivity contribution < 1.29 is 14.3 Å². The van der Waals surface area contributed by atoms with Gasteiger partial charge in [0.15, 0.2) is 5.60 Å². The molecule has 0 N–H and O–H groups in total. The van der Waals surface area contributed by atoms with Crippen LogP contribution in [-0.4, -0.2) is 43.7 Å². The maximum absolute atomic E-state index is 12.0. The molecule has 5 rings (SSSR count). The molecule has 1 fully saturated rings. The van der Waals surface area contributed by atoms with Gasteiger partial charge in [0.1, 0.15) is 0 Å². The van der Waals surface area contributed by atoms with Crippen molar-refractivity contribution in [3.8, 4) is 0 Å². The van der Waals surface area contributed by atoms with Gasteiger partial charge in [-0.2, -0.15) is 0 Å². The number of rotatable bonds is 7. The number of carbonyl (C=O) groups excluding carboxylic acids is 1. The highest BCUT2D eigenvalue weighted by Crippen LogP contribution is 2.45. The minimum Gasteiger partial charge on any atom is -0.450 e. The van der Waals surface area contributed by atoms with Gasteiger partial charge in [-0.25, -0.2) is 0 Å². The summed E-state index contributed by atoms with van der Waals surface area (Å²) >= 11 is 0. The van der Waals surface area contributed by atoms with Crippen LogP contribution in [0.25, 0.3) is 11.1 Å². The molecule has 1 aliphatic heterocycles. The lowest BCUT2D eigenvalue weighted by Gasteiger charge is -2.36. The van der Waals surface area contributed by atoms with E-state index >= 15 is 0 Å². The van der Waals surface area contributed by atoms with Gasteiger partial charge >= 0.3 is 5.97 Å². The van der Waals surface area contributed by atoms with Crippen LogP contribution in [0.4, 0.5) is 0 Å². The second-order valence-electron chi connectivity index (χ2n) is 9.75. The summed E-state index contributed by atoms with van der Waals surface area (Å²) in [6.07, 6.45) is 11.8. The van der Waals surface area contributed by atoms with Gasteiger partial charge in [-0.05, 0) is 46.8 Å². The molecule has 35 heavy (non-hydrogen) atoms. The zero-order valence-corrected chi connectivity index (χ0v) is 20.8. The van der Waals surface area contributed by atoms with Crippen molar-refractivity contribution >= 4 is 17.1 Å². The third-order valence-electron chi connectivity index (χ3n) is 7.37. The van der Waals surface area contributed by atoms with Gasteiger partial charge in [0.05, 0.1) is 13.2 Å². The number of ether oxygens (including phenoxy) is 2. The Bertz CT molecular complexity index is 1170. The Kier molecular flexibility index (Phi) is 7.03. The molecule has 0 aromatic heterocycles. The molecular formula is C31H35NO3. The second-order valence-corrected chi connectivity index (χ2v) is 9.75. The van der Waals surface area contributed by atoms with Crippen molar-refractivity contribution in [3.63, 3.8) is 0 Å². The Morgan fingerprint density at radius 2 is 1.86 bits per heavy atom. The molecule has 0 spiro atoms. The number of carbonyl (C=O) groups is 1. The number of benzene rings is 2. The fourth-order valence-electron chi connectivity index (χ4n) is 5.76.